The maximum Gasteiger partial charge on any atom is 0.338 e. The summed E-state index contributed by atoms with van der Waals surface area (Å²) in [6.07, 6.45) is 3.72. The van der Waals surface area contributed by atoms with Crippen LogP contribution in [0.1, 0.15) is 97.1 Å². The first-order valence-corrected chi connectivity index (χ1v) is 12.9. The van der Waals surface area contributed by atoms with Gasteiger partial charge in [-0.3, -0.25) is 0 Å². The number of carbonyl (C=O) groups is 2. The molecule has 180 valence electrons. The highest BCUT2D eigenvalue weighted by Crippen LogP contribution is 2.60. The fraction of sp³-hybridized carbons (Fsp3) is 0.533. The summed E-state index contributed by atoms with van der Waals surface area (Å²) in [4.78, 5) is 26.4. The molecule has 3 aliphatic carbocycles. The van der Waals surface area contributed by atoms with E-state index in [0.717, 1.165) is 17.5 Å². The lowest BCUT2D eigenvalue weighted by Crippen LogP contribution is -2.37. The Labute approximate surface area is 203 Å². The van der Waals surface area contributed by atoms with E-state index in [4.69, 9.17) is 9.47 Å². The van der Waals surface area contributed by atoms with Crippen LogP contribution in [0.25, 0.3) is 0 Å². The second kappa shape index (κ2) is 9.20. The number of benzene rings is 2. The Morgan fingerprint density at radius 1 is 0.765 bits per heavy atom. The van der Waals surface area contributed by atoms with Gasteiger partial charge in [-0.15, -0.1) is 0 Å². The molecule has 2 aromatic rings. The first-order valence-electron chi connectivity index (χ1n) is 12.9. The molecule has 2 bridgehead atoms. The Balaban J connectivity index is 1.37. The van der Waals surface area contributed by atoms with Crippen LogP contribution in [-0.2, 0) is 9.47 Å². The van der Waals surface area contributed by atoms with Crippen molar-refractivity contribution >= 4 is 11.9 Å². The Kier molecular flexibility index (Phi) is 6.26. The fourth-order valence-electron chi connectivity index (χ4n) is 6.68. The third-order valence-electron chi connectivity index (χ3n) is 8.49. The quantitative estimate of drug-likeness (QED) is 0.447. The van der Waals surface area contributed by atoms with Crippen molar-refractivity contribution in [2.75, 3.05) is 0 Å². The Morgan fingerprint density at radius 2 is 1.32 bits per heavy atom. The van der Waals surface area contributed by atoms with Gasteiger partial charge in [0.25, 0.3) is 0 Å². The molecule has 4 heteroatoms. The van der Waals surface area contributed by atoms with Gasteiger partial charge in [-0.25, -0.2) is 9.59 Å². The van der Waals surface area contributed by atoms with Gasteiger partial charge in [0.15, 0.2) is 0 Å². The molecule has 6 unspecified atom stereocenters. The van der Waals surface area contributed by atoms with E-state index in [-0.39, 0.29) is 24.1 Å². The second-order valence-electron chi connectivity index (χ2n) is 11.2. The number of hydrogen-bond donors (Lipinski definition) is 0. The zero-order valence-corrected chi connectivity index (χ0v) is 20.7. The molecule has 0 aliphatic heterocycles. The van der Waals surface area contributed by atoms with E-state index in [9.17, 15) is 9.59 Å². The minimum atomic E-state index is -0.383. The number of rotatable bonds is 6. The van der Waals surface area contributed by atoms with E-state index in [1.165, 1.54) is 19.3 Å². The summed E-state index contributed by atoms with van der Waals surface area (Å²) in [5.74, 6) is 2.08. The highest BCUT2D eigenvalue weighted by atomic mass is 16.6. The third-order valence-corrected chi connectivity index (χ3v) is 8.49. The molecule has 6 atom stereocenters. The van der Waals surface area contributed by atoms with Crippen molar-refractivity contribution in [3.8, 4) is 0 Å². The second-order valence-corrected chi connectivity index (χ2v) is 11.2. The summed E-state index contributed by atoms with van der Waals surface area (Å²) in [6.45, 7) is 8.46. The van der Waals surface area contributed by atoms with E-state index in [0.29, 0.717) is 46.6 Å². The lowest BCUT2D eigenvalue weighted by molar-refractivity contribution is -0.0417. The zero-order valence-electron chi connectivity index (χ0n) is 20.7. The van der Waals surface area contributed by atoms with Gasteiger partial charge < -0.3 is 9.47 Å². The molecule has 0 saturated heterocycles. The summed E-state index contributed by atoms with van der Waals surface area (Å²) < 4.78 is 12.3. The predicted octanol–water partition coefficient (Wildman–Crippen LogP) is 6.75. The van der Waals surface area contributed by atoms with Crippen LogP contribution >= 0.6 is 0 Å². The smallest absolute Gasteiger partial charge is 0.338 e. The van der Waals surface area contributed by atoms with Crippen LogP contribution in [0.4, 0.5) is 0 Å². The van der Waals surface area contributed by atoms with Crippen molar-refractivity contribution < 1.29 is 19.1 Å². The van der Waals surface area contributed by atoms with Gasteiger partial charge in [-0.2, -0.15) is 0 Å². The van der Waals surface area contributed by atoms with Crippen molar-refractivity contribution in [3.63, 3.8) is 0 Å². The Bertz CT molecular complexity index is 1070. The van der Waals surface area contributed by atoms with Crippen molar-refractivity contribution in [2.24, 2.45) is 23.7 Å². The monoisotopic (exact) mass is 460 g/mol. The zero-order chi connectivity index (χ0) is 24.0. The first kappa shape index (κ1) is 23.1. The highest BCUT2D eigenvalue weighted by molar-refractivity contribution is 5.90. The van der Waals surface area contributed by atoms with Gasteiger partial charge >= 0.3 is 11.9 Å². The number of esters is 2. The van der Waals surface area contributed by atoms with Crippen LogP contribution in [0, 0.1) is 23.7 Å². The van der Waals surface area contributed by atoms with E-state index in [1.54, 1.807) is 0 Å². The topological polar surface area (TPSA) is 52.6 Å². The predicted molar refractivity (Wildman–Crippen MR) is 132 cm³/mol. The van der Waals surface area contributed by atoms with Gasteiger partial charge in [0.2, 0.25) is 0 Å². The molecule has 0 radical (unpaired) electrons. The van der Waals surface area contributed by atoms with Crippen molar-refractivity contribution in [1.29, 1.82) is 0 Å². The number of ether oxygens (including phenoxy) is 2. The van der Waals surface area contributed by atoms with Gasteiger partial charge in [0, 0.05) is 5.92 Å². The molecular formula is C30H36O4. The molecule has 0 amide bonds. The molecule has 34 heavy (non-hydrogen) atoms. The molecule has 0 aromatic heterocycles. The Hall–Kier alpha value is -2.62. The summed E-state index contributed by atoms with van der Waals surface area (Å²) in [5, 5.41) is 0. The van der Waals surface area contributed by atoms with Crippen molar-refractivity contribution in [1.82, 2.24) is 0 Å². The van der Waals surface area contributed by atoms with Gasteiger partial charge in [0.05, 0.1) is 11.1 Å². The molecule has 0 N–H and O–H groups in total. The maximum absolute atomic E-state index is 13.2. The molecule has 0 spiro atoms. The lowest BCUT2D eigenvalue weighted by atomic mass is 9.81. The van der Waals surface area contributed by atoms with Crippen LogP contribution in [-0.4, -0.2) is 24.1 Å². The average Bonchev–Trinajstić information content (AvgIpc) is 3.53. The minimum absolute atomic E-state index is 0.302. The van der Waals surface area contributed by atoms with Crippen LogP contribution in [0.2, 0.25) is 0 Å². The maximum atomic E-state index is 13.2. The van der Waals surface area contributed by atoms with Gasteiger partial charge in [0.1, 0.15) is 12.2 Å². The fourth-order valence-corrected chi connectivity index (χ4v) is 6.68. The molecule has 0 heterocycles. The van der Waals surface area contributed by atoms with E-state index in [1.807, 2.05) is 48.5 Å². The van der Waals surface area contributed by atoms with Crippen LogP contribution < -0.4 is 0 Å². The van der Waals surface area contributed by atoms with E-state index in [2.05, 4.69) is 27.7 Å². The van der Waals surface area contributed by atoms with Crippen molar-refractivity contribution in [2.45, 2.75) is 77.4 Å². The minimum Gasteiger partial charge on any atom is -0.455 e. The summed E-state index contributed by atoms with van der Waals surface area (Å²) >= 11 is 0. The largest absolute Gasteiger partial charge is 0.455 e. The Morgan fingerprint density at radius 3 is 1.91 bits per heavy atom. The van der Waals surface area contributed by atoms with Crippen molar-refractivity contribution in [3.05, 3.63) is 70.8 Å². The summed E-state index contributed by atoms with van der Waals surface area (Å²) in [7, 11) is 0. The highest BCUT2D eigenvalue weighted by Gasteiger charge is 2.59. The normalized spacial score (nSPS) is 29.5. The molecule has 3 aliphatic rings. The van der Waals surface area contributed by atoms with Crippen LogP contribution in [0.5, 0.6) is 0 Å². The van der Waals surface area contributed by atoms with E-state index < -0.39 is 0 Å². The van der Waals surface area contributed by atoms with Crippen LogP contribution in [0.15, 0.2) is 48.5 Å². The lowest BCUT2D eigenvalue weighted by Gasteiger charge is -2.29. The molecule has 5 rings (SSSR count). The average molecular weight is 461 g/mol. The molecule has 2 aromatic carbocycles. The van der Waals surface area contributed by atoms with E-state index >= 15 is 0 Å². The number of carbonyl (C=O) groups excluding carboxylic acids is 2. The summed E-state index contributed by atoms with van der Waals surface area (Å²) in [5.41, 5.74) is 3.38. The van der Waals surface area contributed by atoms with Gasteiger partial charge in [-0.1, -0.05) is 52.0 Å². The standard InChI is InChI=1S/C30H36O4/c1-17(2)19-7-5-9-23(13-19)29(31)33-26-16-25-21-11-12-22(15-21)27(25)28(26)34-30(32)24-10-6-8-20(14-24)18(3)4/h5-10,13-14,17-18,21-22,25-28H,11-12,15-16H2,1-4H3. The molecule has 4 nitrogen and oxygen atoms in total. The molecular weight excluding hydrogens is 424 g/mol. The number of fused-ring (bicyclic) bond motifs is 5. The first-order chi connectivity index (χ1) is 16.3. The molecule has 3 fully saturated rings. The SMILES string of the molecule is CC(C)c1cccc(C(=O)OC2CC3C4CCC(C4)C3C2OC(=O)c2cccc(C(C)C)c2)c1. The summed E-state index contributed by atoms with van der Waals surface area (Å²) in [6, 6.07) is 15.4. The van der Waals surface area contributed by atoms with Crippen LogP contribution in [0.3, 0.4) is 0 Å². The van der Waals surface area contributed by atoms with Gasteiger partial charge in [-0.05, 0) is 90.7 Å². The number of hydrogen-bond acceptors (Lipinski definition) is 4. The third kappa shape index (κ3) is 4.28. The molecule has 3 saturated carbocycles.